The summed E-state index contributed by atoms with van der Waals surface area (Å²) in [5.41, 5.74) is 1.87. The molecule has 1 aromatic carbocycles. The second-order valence-corrected chi connectivity index (χ2v) is 4.70. The van der Waals surface area contributed by atoms with Gasteiger partial charge in [0.15, 0.2) is 0 Å². The van der Waals surface area contributed by atoms with Crippen molar-refractivity contribution < 1.29 is 13.9 Å². The number of nitrogens with one attached hydrogen (secondary N) is 1. The molecule has 0 aliphatic carbocycles. The lowest BCUT2D eigenvalue weighted by molar-refractivity contribution is 0.0600. The Morgan fingerprint density at radius 1 is 1.39 bits per heavy atom. The minimum atomic E-state index is -0.492. The van der Waals surface area contributed by atoms with E-state index in [1.54, 1.807) is 6.07 Å². The molecule has 1 N–H and O–H groups in total. The van der Waals surface area contributed by atoms with Crippen LogP contribution in [0.1, 0.15) is 40.2 Å². The molecule has 4 heteroatoms. The molecule has 0 aromatic heterocycles. The van der Waals surface area contributed by atoms with Gasteiger partial charge in [0, 0.05) is 0 Å². The number of esters is 1. The van der Waals surface area contributed by atoms with Gasteiger partial charge in [-0.05, 0) is 62.0 Å². The highest BCUT2D eigenvalue weighted by Crippen LogP contribution is 2.31. The van der Waals surface area contributed by atoms with E-state index in [0.29, 0.717) is 0 Å². The highest BCUT2D eigenvalue weighted by molar-refractivity contribution is 5.89. The van der Waals surface area contributed by atoms with Crippen LogP contribution in [0.15, 0.2) is 12.1 Å². The Balaban J connectivity index is 2.34. The summed E-state index contributed by atoms with van der Waals surface area (Å²) >= 11 is 0. The maximum Gasteiger partial charge on any atom is 0.337 e. The van der Waals surface area contributed by atoms with Gasteiger partial charge in [-0.3, -0.25) is 0 Å². The van der Waals surface area contributed by atoms with Crippen LogP contribution in [0.25, 0.3) is 0 Å². The van der Waals surface area contributed by atoms with Gasteiger partial charge in [-0.25, -0.2) is 9.18 Å². The number of benzene rings is 1. The second kappa shape index (κ2) is 5.48. The van der Waals surface area contributed by atoms with Crippen molar-refractivity contribution in [3.8, 4) is 0 Å². The lowest BCUT2D eigenvalue weighted by Crippen LogP contribution is -2.27. The normalized spacial score (nSPS) is 16.6. The molecule has 0 unspecified atom stereocenters. The highest BCUT2D eigenvalue weighted by atomic mass is 19.1. The van der Waals surface area contributed by atoms with Crippen LogP contribution >= 0.6 is 0 Å². The lowest BCUT2D eigenvalue weighted by Gasteiger charge is -2.25. The van der Waals surface area contributed by atoms with Crippen molar-refractivity contribution in [2.24, 2.45) is 0 Å². The Labute approximate surface area is 106 Å². The van der Waals surface area contributed by atoms with Gasteiger partial charge in [0.1, 0.15) is 5.82 Å². The third kappa shape index (κ3) is 2.53. The summed E-state index contributed by atoms with van der Waals surface area (Å²) in [6.45, 7) is 3.69. The maximum atomic E-state index is 14.2. The van der Waals surface area contributed by atoms with Crippen molar-refractivity contribution in [2.45, 2.75) is 25.7 Å². The predicted octanol–water partition coefficient (Wildman–Crippen LogP) is 2.39. The van der Waals surface area contributed by atoms with Crippen LogP contribution in [-0.4, -0.2) is 26.2 Å². The van der Waals surface area contributed by atoms with Gasteiger partial charge in [-0.2, -0.15) is 0 Å². The standard InChI is InChI=1S/C14H18FNO2/c1-9-7-11(14(17)18-2)8-12(15)13(9)10-3-5-16-6-4-10/h7-8,10,16H,3-6H2,1-2H3. The Kier molecular flexibility index (Phi) is 3.97. The van der Waals surface area contributed by atoms with Crippen molar-refractivity contribution in [1.29, 1.82) is 0 Å². The number of methoxy groups -OCH3 is 1. The summed E-state index contributed by atoms with van der Waals surface area (Å²) in [5, 5.41) is 3.27. The number of piperidine rings is 1. The molecule has 18 heavy (non-hydrogen) atoms. The minimum absolute atomic E-state index is 0.248. The van der Waals surface area contributed by atoms with E-state index in [9.17, 15) is 9.18 Å². The first-order valence-corrected chi connectivity index (χ1v) is 6.22. The topological polar surface area (TPSA) is 38.3 Å². The number of carbonyl (C=O) groups is 1. The van der Waals surface area contributed by atoms with Crippen LogP contribution < -0.4 is 5.32 Å². The van der Waals surface area contributed by atoms with Gasteiger partial charge in [0.25, 0.3) is 0 Å². The van der Waals surface area contributed by atoms with Gasteiger partial charge in [0.05, 0.1) is 12.7 Å². The SMILES string of the molecule is COC(=O)c1cc(C)c(C2CCNCC2)c(F)c1. The van der Waals surface area contributed by atoms with E-state index >= 15 is 0 Å². The molecule has 1 aliphatic rings. The second-order valence-electron chi connectivity index (χ2n) is 4.70. The third-order valence-electron chi connectivity index (χ3n) is 3.50. The number of ether oxygens (including phenoxy) is 1. The number of carbonyl (C=O) groups excluding carboxylic acids is 1. The van der Waals surface area contributed by atoms with Crippen LogP contribution in [0.2, 0.25) is 0 Å². The number of hydrogen-bond donors (Lipinski definition) is 1. The molecule has 0 spiro atoms. The molecular weight excluding hydrogens is 233 g/mol. The van der Waals surface area contributed by atoms with Crippen LogP contribution in [0.4, 0.5) is 4.39 Å². The molecule has 0 atom stereocenters. The zero-order valence-corrected chi connectivity index (χ0v) is 10.8. The Bertz CT molecular complexity index is 430. The molecule has 1 aliphatic heterocycles. The van der Waals surface area contributed by atoms with E-state index in [4.69, 9.17) is 0 Å². The fourth-order valence-electron chi connectivity index (χ4n) is 2.62. The molecule has 1 heterocycles. The monoisotopic (exact) mass is 251 g/mol. The summed E-state index contributed by atoms with van der Waals surface area (Å²) in [7, 11) is 1.30. The molecule has 0 amide bonds. The molecule has 3 nitrogen and oxygen atoms in total. The van der Waals surface area contributed by atoms with Crippen LogP contribution in [-0.2, 0) is 4.74 Å². The fourth-order valence-corrected chi connectivity index (χ4v) is 2.62. The van der Waals surface area contributed by atoms with Crippen molar-refractivity contribution in [2.75, 3.05) is 20.2 Å². The zero-order chi connectivity index (χ0) is 13.1. The molecule has 98 valence electrons. The Morgan fingerprint density at radius 3 is 2.61 bits per heavy atom. The van der Waals surface area contributed by atoms with E-state index in [2.05, 4.69) is 10.1 Å². The molecule has 1 aromatic rings. The van der Waals surface area contributed by atoms with Gasteiger partial charge < -0.3 is 10.1 Å². The lowest BCUT2D eigenvalue weighted by atomic mass is 9.86. The van der Waals surface area contributed by atoms with E-state index in [1.807, 2.05) is 6.92 Å². The Hall–Kier alpha value is -1.42. The first kappa shape index (κ1) is 13.0. The number of aryl methyl sites for hydroxylation is 1. The van der Waals surface area contributed by atoms with Crippen LogP contribution in [0.5, 0.6) is 0 Å². The first-order chi connectivity index (χ1) is 8.63. The molecule has 2 rings (SSSR count). The molecule has 0 saturated carbocycles. The number of hydrogen-bond acceptors (Lipinski definition) is 3. The molecule has 0 bridgehead atoms. The van der Waals surface area contributed by atoms with E-state index in [-0.39, 0.29) is 17.3 Å². The fraction of sp³-hybridized carbons (Fsp3) is 0.500. The quantitative estimate of drug-likeness (QED) is 0.820. The minimum Gasteiger partial charge on any atom is -0.465 e. The summed E-state index contributed by atoms with van der Waals surface area (Å²) < 4.78 is 18.8. The summed E-state index contributed by atoms with van der Waals surface area (Å²) in [6, 6.07) is 3.00. The molecular formula is C14H18FNO2. The number of halogens is 1. The smallest absolute Gasteiger partial charge is 0.337 e. The van der Waals surface area contributed by atoms with Crippen molar-refractivity contribution in [1.82, 2.24) is 5.32 Å². The van der Waals surface area contributed by atoms with Crippen molar-refractivity contribution in [3.05, 3.63) is 34.6 Å². The van der Waals surface area contributed by atoms with Crippen molar-refractivity contribution >= 4 is 5.97 Å². The average molecular weight is 251 g/mol. The van der Waals surface area contributed by atoms with Crippen LogP contribution in [0, 0.1) is 12.7 Å². The third-order valence-corrected chi connectivity index (χ3v) is 3.50. The van der Waals surface area contributed by atoms with Gasteiger partial charge >= 0.3 is 5.97 Å². The van der Waals surface area contributed by atoms with Gasteiger partial charge in [0.2, 0.25) is 0 Å². The summed E-state index contributed by atoms with van der Waals surface area (Å²) in [5.74, 6) is -0.533. The largest absolute Gasteiger partial charge is 0.465 e. The van der Waals surface area contributed by atoms with Gasteiger partial charge in [-0.15, -0.1) is 0 Å². The zero-order valence-electron chi connectivity index (χ0n) is 10.8. The summed E-state index contributed by atoms with van der Waals surface area (Å²) in [4.78, 5) is 11.4. The molecule has 1 fully saturated rings. The average Bonchev–Trinajstić information content (AvgIpc) is 2.38. The summed E-state index contributed by atoms with van der Waals surface area (Å²) in [6.07, 6.45) is 1.88. The molecule has 0 radical (unpaired) electrons. The van der Waals surface area contributed by atoms with Gasteiger partial charge in [-0.1, -0.05) is 0 Å². The van der Waals surface area contributed by atoms with E-state index in [1.165, 1.54) is 13.2 Å². The maximum absolute atomic E-state index is 14.2. The first-order valence-electron chi connectivity index (χ1n) is 6.22. The van der Waals surface area contributed by atoms with Crippen LogP contribution in [0.3, 0.4) is 0 Å². The van der Waals surface area contributed by atoms with E-state index < -0.39 is 5.97 Å². The Morgan fingerprint density at radius 2 is 2.06 bits per heavy atom. The highest BCUT2D eigenvalue weighted by Gasteiger charge is 2.22. The molecule has 1 saturated heterocycles. The van der Waals surface area contributed by atoms with E-state index in [0.717, 1.165) is 37.1 Å². The predicted molar refractivity (Wildman–Crippen MR) is 67.3 cm³/mol. The number of rotatable bonds is 2. The van der Waals surface area contributed by atoms with Crippen molar-refractivity contribution in [3.63, 3.8) is 0 Å².